The summed E-state index contributed by atoms with van der Waals surface area (Å²) >= 11 is 0. The zero-order valence-corrected chi connectivity index (χ0v) is 39.6. The fraction of sp³-hybridized carbons (Fsp3) is 0.360. The average Bonchev–Trinajstić information content (AvgIpc) is 3.14. The lowest BCUT2D eigenvalue weighted by Gasteiger charge is -2.28. The minimum Gasteiger partial charge on any atom is -0.489 e. The fourth-order valence-electron chi connectivity index (χ4n) is 6.37. The summed E-state index contributed by atoms with van der Waals surface area (Å²) in [5.74, 6) is 3.65. The third-order valence-electron chi connectivity index (χ3n) is 8.57. The summed E-state index contributed by atoms with van der Waals surface area (Å²) in [7, 11) is -6.40. The molecular weight excluding hydrogens is 850 g/mol. The molecule has 8 nitrogen and oxygen atoms in total. The molecular formula is C50H58F3O8S2+. The molecule has 6 aromatic carbocycles. The standard InChI is InChI=1S/C49H57O5S.CHF3O3S/c1-46(2,3)51-42-27-25-37(30-44(42)53-48(7,8)9)55(38-26-28-43(52-47(4,5)6)45(31-38)54-49(10,11)12)36-23-21-35(22-24-36)50-32-34-29-33-17-13-14-18-39(33)41-20-16-15-19-40(34)41;2-1(3,4)8(5,6)7/h13-31H,32H2,1-12H3;(H,5,6,7)/q+1;. The summed E-state index contributed by atoms with van der Waals surface area (Å²) in [6.45, 7) is 25.1. The van der Waals surface area contributed by atoms with Gasteiger partial charge in [0.25, 0.3) is 0 Å². The lowest BCUT2D eigenvalue weighted by molar-refractivity contribution is -0.0510. The van der Waals surface area contributed by atoms with Crippen LogP contribution < -0.4 is 23.7 Å². The van der Waals surface area contributed by atoms with Crippen LogP contribution in [0, 0.1) is 0 Å². The van der Waals surface area contributed by atoms with Crippen molar-refractivity contribution in [3.05, 3.63) is 121 Å². The van der Waals surface area contributed by atoms with Gasteiger partial charge in [0.2, 0.25) is 0 Å². The second-order valence-corrected chi connectivity index (χ2v) is 22.3. The monoisotopic (exact) mass is 907 g/mol. The number of hydrogen-bond acceptors (Lipinski definition) is 7. The van der Waals surface area contributed by atoms with Crippen LogP contribution >= 0.6 is 0 Å². The molecule has 6 aromatic rings. The van der Waals surface area contributed by atoms with Crippen LogP contribution in [-0.2, 0) is 27.6 Å². The quantitative estimate of drug-likeness (QED) is 0.0628. The van der Waals surface area contributed by atoms with Gasteiger partial charge in [0, 0.05) is 12.1 Å². The van der Waals surface area contributed by atoms with E-state index in [1.807, 2.05) is 12.1 Å². The van der Waals surface area contributed by atoms with Crippen molar-refractivity contribution in [3.8, 4) is 28.7 Å². The van der Waals surface area contributed by atoms with Gasteiger partial charge >= 0.3 is 15.6 Å². The molecule has 0 radical (unpaired) electrons. The van der Waals surface area contributed by atoms with E-state index < -0.39 is 48.9 Å². The number of alkyl halides is 3. The second kappa shape index (κ2) is 18.5. The normalized spacial score (nSPS) is 12.8. The van der Waals surface area contributed by atoms with Gasteiger partial charge < -0.3 is 23.7 Å². The Morgan fingerprint density at radius 1 is 0.492 bits per heavy atom. The Morgan fingerprint density at radius 2 is 0.873 bits per heavy atom. The van der Waals surface area contributed by atoms with Gasteiger partial charge in [0.1, 0.15) is 34.8 Å². The number of rotatable bonds is 10. The first-order valence-corrected chi connectivity index (χ1v) is 23.1. The highest BCUT2D eigenvalue weighted by Crippen LogP contribution is 2.43. The number of hydrogen-bond donors (Lipinski definition) is 1. The van der Waals surface area contributed by atoms with Gasteiger partial charge in [-0.25, -0.2) is 0 Å². The predicted octanol–water partition coefficient (Wildman–Crippen LogP) is 13.8. The highest BCUT2D eigenvalue weighted by Gasteiger charge is 2.44. The van der Waals surface area contributed by atoms with E-state index in [0.717, 1.165) is 26.0 Å². The molecule has 0 aliphatic carbocycles. The average molecular weight is 908 g/mol. The summed E-state index contributed by atoms with van der Waals surface area (Å²) in [5, 5.41) is 4.91. The van der Waals surface area contributed by atoms with Crippen LogP contribution in [0.5, 0.6) is 28.7 Å². The zero-order valence-electron chi connectivity index (χ0n) is 37.9. The number of benzene rings is 6. The molecule has 6 rings (SSSR count). The van der Waals surface area contributed by atoms with Gasteiger partial charge in [-0.15, -0.1) is 0 Å². The van der Waals surface area contributed by atoms with Crippen LogP contribution in [0.25, 0.3) is 21.5 Å². The van der Waals surface area contributed by atoms with E-state index in [2.05, 4.69) is 186 Å². The van der Waals surface area contributed by atoms with E-state index in [1.165, 1.54) is 21.5 Å². The Bertz CT molecular complexity index is 2550. The molecule has 0 bridgehead atoms. The first-order valence-electron chi connectivity index (χ1n) is 20.4. The molecule has 0 heterocycles. The Kier molecular flexibility index (Phi) is 14.4. The van der Waals surface area contributed by atoms with Crippen LogP contribution in [0.3, 0.4) is 0 Å². The molecule has 1 N–H and O–H groups in total. The molecule has 0 spiro atoms. The van der Waals surface area contributed by atoms with Crippen molar-refractivity contribution in [2.24, 2.45) is 0 Å². The number of halogens is 3. The molecule has 0 unspecified atom stereocenters. The summed E-state index contributed by atoms with van der Waals surface area (Å²) in [6, 6.07) is 40.5. The summed E-state index contributed by atoms with van der Waals surface area (Å²) in [4.78, 5) is 3.30. The van der Waals surface area contributed by atoms with Gasteiger partial charge in [0.15, 0.2) is 37.7 Å². The largest absolute Gasteiger partial charge is 0.522 e. The summed E-state index contributed by atoms with van der Waals surface area (Å²) in [6.07, 6.45) is 0. The van der Waals surface area contributed by atoms with Gasteiger partial charge in [0.05, 0.1) is 10.9 Å². The van der Waals surface area contributed by atoms with Crippen molar-refractivity contribution in [3.63, 3.8) is 0 Å². The van der Waals surface area contributed by atoms with Crippen LogP contribution in [0.15, 0.2) is 130 Å². The maximum atomic E-state index is 10.7. The van der Waals surface area contributed by atoms with Gasteiger partial charge in [-0.3, -0.25) is 4.55 Å². The highest BCUT2D eigenvalue weighted by atomic mass is 32.2. The van der Waals surface area contributed by atoms with E-state index >= 15 is 0 Å². The maximum Gasteiger partial charge on any atom is 0.522 e. The first kappa shape index (κ1) is 48.9. The number of ether oxygens (including phenoxy) is 5. The molecule has 0 saturated carbocycles. The number of fused-ring (bicyclic) bond motifs is 3. The van der Waals surface area contributed by atoms with Gasteiger partial charge in [-0.05, 0) is 165 Å². The van der Waals surface area contributed by atoms with Gasteiger partial charge in [-0.2, -0.15) is 21.6 Å². The second-order valence-electron chi connectivity index (χ2n) is 18.9. The van der Waals surface area contributed by atoms with Crippen LogP contribution in [0.1, 0.15) is 88.6 Å². The smallest absolute Gasteiger partial charge is 0.489 e. The molecule has 0 aliphatic heterocycles. The van der Waals surface area contributed by atoms with Crippen molar-refractivity contribution in [2.45, 2.75) is 132 Å². The van der Waals surface area contributed by atoms with Crippen LogP contribution in [-0.4, -0.2) is 40.9 Å². The first-order chi connectivity index (χ1) is 29.0. The van der Waals surface area contributed by atoms with Crippen molar-refractivity contribution in [1.29, 1.82) is 0 Å². The van der Waals surface area contributed by atoms with Crippen molar-refractivity contribution < 1.29 is 49.8 Å². The third kappa shape index (κ3) is 13.9. The molecule has 0 aliphatic rings. The summed E-state index contributed by atoms with van der Waals surface area (Å²) in [5.41, 5.74) is -6.02. The van der Waals surface area contributed by atoms with Crippen molar-refractivity contribution in [1.82, 2.24) is 0 Å². The van der Waals surface area contributed by atoms with E-state index in [-0.39, 0.29) is 0 Å². The fourth-order valence-corrected chi connectivity index (χ4v) is 8.45. The molecule has 13 heteroatoms. The molecule has 338 valence electrons. The van der Waals surface area contributed by atoms with Crippen molar-refractivity contribution >= 4 is 42.6 Å². The molecule has 0 saturated heterocycles. The third-order valence-corrected chi connectivity index (χ3v) is 11.3. The zero-order chi connectivity index (χ0) is 46.8. The van der Waals surface area contributed by atoms with Crippen molar-refractivity contribution in [2.75, 3.05) is 0 Å². The minimum absolute atomic E-state index is 0.393. The SMILES string of the molecule is CC(C)(C)Oc1ccc([S+](c2ccc(OCc3cc4ccccc4c4ccccc34)cc2)c2ccc(OC(C)(C)C)c(OC(C)(C)C)c2)cc1OC(C)(C)C.O=S(=O)(O)C(F)(F)F. The highest BCUT2D eigenvalue weighted by molar-refractivity contribution is 7.97. The maximum absolute atomic E-state index is 10.7. The topological polar surface area (TPSA) is 101 Å². The van der Waals surface area contributed by atoms with Crippen LogP contribution in [0.2, 0.25) is 0 Å². The predicted molar refractivity (Wildman–Crippen MR) is 246 cm³/mol. The molecule has 0 fully saturated rings. The Hall–Kier alpha value is -5.11. The molecule has 0 aromatic heterocycles. The molecule has 0 atom stereocenters. The van der Waals surface area contributed by atoms with E-state index in [0.29, 0.717) is 29.6 Å². The Labute approximate surface area is 372 Å². The van der Waals surface area contributed by atoms with E-state index in [1.54, 1.807) is 0 Å². The minimum atomic E-state index is -5.84. The summed E-state index contributed by atoms with van der Waals surface area (Å²) < 4.78 is 90.0. The molecule has 0 amide bonds. The van der Waals surface area contributed by atoms with E-state index in [9.17, 15) is 13.2 Å². The lowest BCUT2D eigenvalue weighted by atomic mass is 9.98. The lowest BCUT2D eigenvalue weighted by Crippen LogP contribution is -2.27. The Balaban J connectivity index is 0.000000852. The molecule has 63 heavy (non-hydrogen) atoms. The Morgan fingerprint density at radius 3 is 1.30 bits per heavy atom. The van der Waals surface area contributed by atoms with Crippen LogP contribution in [0.4, 0.5) is 13.2 Å². The van der Waals surface area contributed by atoms with E-state index in [4.69, 9.17) is 36.7 Å². The van der Waals surface area contributed by atoms with Gasteiger partial charge in [-0.1, -0.05) is 48.5 Å².